The zero-order valence-corrected chi connectivity index (χ0v) is 8.54. The molecule has 0 spiro atoms. The van der Waals surface area contributed by atoms with Crippen LogP contribution in [0.4, 0.5) is 0 Å². The molecule has 0 saturated carbocycles. The molecule has 14 heavy (non-hydrogen) atoms. The minimum atomic E-state index is -0.239. The van der Waals surface area contributed by atoms with E-state index in [1.165, 1.54) is 0 Å². The molecule has 2 atom stereocenters. The average molecular weight is 201 g/mol. The molecule has 4 heteroatoms. The molecule has 2 aliphatic rings. The zero-order chi connectivity index (χ0) is 9.86. The molecule has 2 saturated heterocycles. The van der Waals surface area contributed by atoms with Gasteiger partial charge < -0.3 is 19.9 Å². The van der Waals surface area contributed by atoms with Gasteiger partial charge in [-0.3, -0.25) is 0 Å². The summed E-state index contributed by atoms with van der Waals surface area (Å²) in [4.78, 5) is 0. The van der Waals surface area contributed by atoms with Crippen molar-refractivity contribution in [1.82, 2.24) is 0 Å². The number of rotatable bonds is 3. The van der Waals surface area contributed by atoms with Crippen molar-refractivity contribution in [2.45, 2.75) is 31.0 Å². The van der Waals surface area contributed by atoms with E-state index < -0.39 is 0 Å². The van der Waals surface area contributed by atoms with Gasteiger partial charge >= 0.3 is 0 Å². The normalized spacial score (nSPS) is 38.8. The highest BCUT2D eigenvalue weighted by molar-refractivity contribution is 4.86. The van der Waals surface area contributed by atoms with Crippen LogP contribution in [0.15, 0.2) is 0 Å². The van der Waals surface area contributed by atoms with E-state index in [0.29, 0.717) is 19.8 Å². The molecule has 2 N–H and O–H groups in total. The van der Waals surface area contributed by atoms with Crippen LogP contribution in [-0.2, 0) is 14.2 Å². The second-order valence-electron chi connectivity index (χ2n) is 4.15. The Bertz CT molecular complexity index is 174. The topological polar surface area (TPSA) is 53.7 Å². The van der Waals surface area contributed by atoms with E-state index in [1.54, 1.807) is 0 Å². The van der Waals surface area contributed by atoms with Crippen LogP contribution in [-0.4, -0.2) is 44.7 Å². The Morgan fingerprint density at radius 3 is 2.86 bits per heavy atom. The molecule has 2 aliphatic heterocycles. The van der Waals surface area contributed by atoms with Crippen molar-refractivity contribution in [3.05, 3.63) is 0 Å². The maximum Gasteiger partial charge on any atom is 0.104 e. The molecule has 2 rings (SSSR count). The van der Waals surface area contributed by atoms with Crippen LogP contribution in [0.5, 0.6) is 0 Å². The maximum absolute atomic E-state index is 6.01. The van der Waals surface area contributed by atoms with Crippen molar-refractivity contribution in [1.29, 1.82) is 0 Å². The second kappa shape index (κ2) is 4.57. The molecule has 2 unspecified atom stereocenters. The summed E-state index contributed by atoms with van der Waals surface area (Å²) in [5.41, 5.74) is 5.53. The molecule has 0 aromatic rings. The van der Waals surface area contributed by atoms with Gasteiger partial charge in [0.1, 0.15) is 5.60 Å². The van der Waals surface area contributed by atoms with Crippen LogP contribution in [0.2, 0.25) is 0 Å². The van der Waals surface area contributed by atoms with E-state index in [-0.39, 0.29) is 11.7 Å². The molecule has 0 amide bonds. The summed E-state index contributed by atoms with van der Waals surface area (Å²) < 4.78 is 16.7. The second-order valence-corrected chi connectivity index (χ2v) is 4.15. The van der Waals surface area contributed by atoms with Gasteiger partial charge in [-0.25, -0.2) is 0 Å². The van der Waals surface area contributed by atoms with E-state index in [0.717, 1.165) is 32.5 Å². The van der Waals surface area contributed by atoms with Gasteiger partial charge in [0.25, 0.3) is 0 Å². The summed E-state index contributed by atoms with van der Waals surface area (Å²) in [5.74, 6) is 0. The van der Waals surface area contributed by atoms with E-state index in [9.17, 15) is 0 Å². The molecule has 0 bridgehead atoms. The van der Waals surface area contributed by atoms with Gasteiger partial charge in [-0.1, -0.05) is 0 Å². The first kappa shape index (κ1) is 10.4. The third-order valence-corrected chi connectivity index (χ3v) is 2.96. The molecule has 0 aromatic carbocycles. The fourth-order valence-corrected chi connectivity index (χ4v) is 2.09. The number of hydrogen-bond acceptors (Lipinski definition) is 4. The van der Waals surface area contributed by atoms with E-state index in [2.05, 4.69) is 0 Å². The van der Waals surface area contributed by atoms with Gasteiger partial charge in [0, 0.05) is 19.8 Å². The van der Waals surface area contributed by atoms with Crippen LogP contribution in [0.1, 0.15) is 19.3 Å². The SMILES string of the molecule is NCC1(OC2CCOC2)CCCOC1. The standard InChI is InChI=1S/C10H19NO3/c11-7-10(3-1-4-13-8-10)14-9-2-5-12-6-9/h9H,1-8,11H2. The third-order valence-electron chi connectivity index (χ3n) is 2.96. The van der Waals surface area contributed by atoms with E-state index in [1.807, 2.05) is 0 Å². The minimum absolute atomic E-state index is 0.222. The van der Waals surface area contributed by atoms with Gasteiger partial charge in [0.05, 0.1) is 19.3 Å². The van der Waals surface area contributed by atoms with Crippen molar-refractivity contribution < 1.29 is 14.2 Å². The number of nitrogens with two attached hydrogens (primary N) is 1. The molecule has 4 nitrogen and oxygen atoms in total. The first-order chi connectivity index (χ1) is 6.85. The molecule has 0 radical (unpaired) electrons. The predicted octanol–water partition coefficient (Wildman–Crippen LogP) is 0.300. The van der Waals surface area contributed by atoms with Gasteiger partial charge in [-0.2, -0.15) is 0 Å². The van der Waals surface area contributed by atoms with Crippen LogP contribution in [0, 0.1) is 0 Å². The maximum atomic E-state index is 6.01. The Balaban J connectivity index is 1.89. The fraction of sp³-hybridized carbons (Fsp3) is 1.00. The van der Waals surface area contributed by atoms with Crippen molar-refractivity contribution in [3.8, 4) is 0 Å². The molecule has 2 fully saturated rings. The molecular formula is C10H19NO3. The highest BCUT2D eigenvalue weighted by Crippen LogP contribution is 2.26. The lowest BCUT2D eigenvalue weighted by atomic mass is 9.96. The van der Waals surface area contributed by atoms with Gasteiger partial charge in [-0.15, -0.1) is 0 Å². The largest absolute Gasteiger partial charge is 0.379 e. The zero-order valence-electron chi connectivity index (χ0n) is 8.54. The summed E-state index contributed by atoms with van der Waals surface area (Å²) in [6.45, 7) is 3.55. The van der Waals surface area contributed by atoms with Crippen molar-refractivity contribution in [3.63, 3.8) is 0 Å². The molecule has 2 heterocycles. The first-order valence-electron chi connectivity index (χ1n) is 5.38. The molecule has 82 valence electrons. The van der Waals surface area contributed by atoms with Crippen LogP contribution in [0.3, 0.4) is 0 Å². The van der Waals surface area contributed by atoms with Crippen molar-refractivity contribution in [2.75, 3.05) is 33.0 Å². The Hall–Kier alpha value is -0.160. The first-order valence-corrected chi connectivity index (χ1v) is 5.38. The van der Waals surface area contributed by atoms with E-state index in [4.69, 9.17) is 19.9 Å². The lowest BCUT2D eigenvalue weighted by Crippen LogP contribution is -2.50. The Morgan fingerprint density at radius 1 is 1.36 bits per heavy atom. The molecule has 0 aromatic heterocycles. The van der Waals surface area contributed by atoms with Gasteiger partial charge in [0.15, 0.2) is 0 Å². The Labute approximate surface area is 84.7 Å². The number of hydrogen-bond donors (Lipinski definition) is 1. The minimum Gasteiger partial charge on any atom is -0.379 e. The van der Waals surface area contributed by atoms with Crippen LogP contribution in [0.25, 0.3) is 0 Å². The Morgan fingerprint density at radius 2 is 2.29 bits per heavy atom. The third kappa shape index (κ3) is 2.25. The lowest BCUT2D eigenvalue weighted by Gasteiger charge is -2.37. The molecule has 0 aliphatic carbocycles. The van der Waals surface area contributed by atoms with E-state index >= 15 is 0 Å². The predicted molar refractivity (Wildman–Crippen MR) is 52.1 cm³/mol. The van der Waals surface area contributed by atoms with Gasteiger partial charge in [0.2, 0.25) is 0 Å². The highest BCUT2D eigenvalue weighted by atomic mass is 16.6. The van der Waals surface area contributed by atoms with Crippen molar-refractivity contribution >= 4 is 0 Å². The van der Waals surface area contributed by atoms with Gasteiger partial charge in [-0.05, 0) is 19.3 Å². The monoisotopic (exact) mass is 201 g/mol. The fourth-order valence-electron chi connectivity index (χ4n) is 2.09. The molecular weight excluding hydrogens is 182 g/mol. The summed E-state index contributed by atoms with van der Waals surface area (Å²) in [7, 11) is 0. The summed E-state index contributed by atoms with van der Waals surface area (Å²) >= 11 is 0. The highest BCUT2D eigenvalue weighted by Gasteiger charge is 2.36. The summed E-state index contributed by atoms with van der Waals surface area (Å²) in [5, 5.41) is 0. The smallest absolute Gasteiger partial charge is 0.104 e. The average Bonchev–Trinajstić information content (AvgIpc) is 2.72. The van der Waals surface area contributed by atoms with Crippen molar-refractivity contribution in [2.24, 2.45) is 5.73 Å². The Kier molecular flexibility index (Phi) is 3.38. The summed E-state index contributed by atoms with van der Waals surface area (Å²) in [6, 6.07) is 0. The lowest BCUT2D eigenvalue weighted by molar-refractivity contribution is -0.152. The van der Waals surface area contributed by atoms with Crippen LogP contribution < -0.4 is 5.73 Å². The number of ether oxygens (including phenoxy) is 3. The summed E-state index contributed by atoms with van der Waals surface area (Å²) in [6.07, 6.45) is 3.27. The van der Waals surface area contributed by atoms with Crippen LogP contribution >= 0.6 is 0 Å². The quantitative estimate of drug-likeness (QED) is 0.713.